The highest BCUT2D eigenvalue weighted by Gasteiger charge is 2.36. The van der Waals surface area contributed by atoms with Gasteiger partial charge in [0.25, 0.3) is 5.91 Å². The normalized spacial score (nSPS) is 19.0. The number of alkyl carbamates (subject to hydrolysis) is 1. The van der Waals surface area contributed by atoms with Crippen LogP contribution in [-0.4, -0.2) is 67.3 Å². The Morgan fingerprint density at radius 2 is 1.78 bits per heavy atom. The number of likely N-dealkylation sites (N-methyl/N-ethyl adjacent to an activating group) is 1. The summed E-state index contributed by atoms with van der Waals surface area (Å²) in [5.74, 6) is -0.700. The Morgan fingerprint density at radius 3 is 2.34 bits per heavy atom. The molecule has 0 spiro atoms. The Balaban J connectivity index is 1.63. The molecular weight excluding hydrogens is 411 g/mol. The summed E-state index contributed by atoms with van der Waals surface area (Å²) in [5, 5.41) is 5.86. The second-order valence-electron chi connectivity index (χ2n) is 9.88. The number of nitrogens with zero attached hydrogens (tertiary/aromatic N) is 2. The van der Waals surface area contributed by atoms with E-state index in [0.717, 1.165) is 58.4 Å². The zero-order valence-corrected chi connectivity index (χ0v) is 19.8. The van der Waals surface area contributed by atoms with Gasteiger partial charge < -0.3 is 25.2 Å². The number of ether oxygens (including phenoxy) is 1. The van der Waals surface area contributed by atoms with Crippen LogP contribution in [0.4, 0.5) is 14.9 Å². The summed E-state index contributed by atoms with van der Waals surface area (Å²) in [7, 11) is 0. The third kappa shape index (κ3) is 6.34. The lowest BCUT2D eigenvalue weighted by Gasteiger charge is -2.35. The van der Waals surface area contributed by atoms with Crippen molar-refractivity contribution in [1.29, 1.82) is 0 Å². The maximum absolute atomic E-state index is 14.9. The Labute approximate surface area is 190 Å². The molecule has 32 heavy (non-hydrogen) atoms. The van der Waals surface area contributed by atoms with Gasteiger partial charge in [-0.15, -0.1) is 0 Å². The average molecular weight is 449 g/mol. The third-order valence-corrected chi connectivity index (χ3v) is 6.28. The number of halogens is 1. The van der Waals surface area contributed by atoms with E-state index in [2.05, 4.69) is 22.5 Å². The average Bonchev–Trinajstić information content (AvgIpc) is 3.20. The molecule has 0 atom stereocenters. The summed E-state index contributed by atoms with van der Waals surface area (Å²) >= 11 is 0. The van der Waals surface area contributed by atoms with Crippen LogP contribution in [0, 0.1) is 5.82 Å². The molecule has 1 saturated carbocycles. The SMILES string of the molecule is CCN1CCN(c2ccc(C(=O)NC3(CNC(=O)OC(C)(C)C)CCCC3)cc2F)CC1. The smallest absolute Gasteiger partial charge is 0.407 e. The Kier molecular flexibility index (Phi) is 7.64. The molecule has 8 heteroatoms. The van der Waals surface area contributed by atoms with Crippen LogP contribution in [0.2, 0.25) is 0 Å². The number of nitrogens with one attached hydrogen (secondary N) is 2. The van der Waals surface area contributed by atoms with Crippen molar-refractivity contribution in [3.63, 3.8) is 0 Å². The first-order valence-corrected chi connectivity index (χ1v) is 11.7. The number of carbonyl (C=O) groups excluding carboxylic acids is 2. The highest BCUT2D eigenvalue weighted by molar-refractivity contribution is 5.95. The van der Waals surface area contributed by atoms with E-state index in [0.29, 0.717) is 11.3 Å². The summed E-state index contributed by atoms with van der Waals surface area (Å²) in [4.78, 5) is 29.4. The largest absolute Gasteiger partial charge is 0.444 e. The monoisotopic (exact) mass is 448 g/mol. The van der Waals surface area contributed by atoms with E-state index in [1.807, 2.05) is 25.7 Å². The van der Waals surface area contributed by atoms with Crippen LogP contribution in [-0.2, 0) is 4.74 Å². The van der Waals surface area contributed by atoms with Crippen LogP contribution in [0.3, 0.4) is 0 Å². The van der Waals surface area contributed by atoms with Gasteiger partial charge in [0.1, 0.15) is 11.4 Å². The number of carbonyl (C=O) groups is 2. The fourth-order valence-corrected chi connectivity index (χ4v) is 4.48. The molecule has 1 aliphatic carbocycles. The second kappa shape index (κ2) is 10.1. The number of hydrogen-bond acceptors (Lipinski definition) is 5. The molecule has 3 rings (SSSR count). The molecule has 178 valence electrons. The Hall–Kier alpha value is -2.35. The highest BCUT2D eigenvalue weighted by atomic mass is 19.1. The van der Waals surface area contributed by atoms with Crippen molar-refractivity contribution in [3.8, 4) is 0 Å². The first kappa shape index (κ1) is 24.3. The molecule has 0 radical (unpaired) electrons. The molecular formula is C24H37FN4O3. The molecule has 1 aromatic rings. The van der Waals surface area contributed by atoms with Gasteiger partial charge in [-0.05, 0) is 58.4 Å². The number of anilines is 1. The zero-order chi connectivity index (χ0) is 23.4. The van der Waals surface area contributed by atoms with Crippen LogP contribution in [0.5, 0.6) is 0 Å². The van der Waals surface area contributed by atoms with Gasteiger partial charge in [-0.3, -0.25) is 4.79 Å². The van der Waals surface area contributed by atoms with Crippen LogP contribution in [0.1, 0.15) is 63.7 Å². The van der Waals surface area contributed by atoms with Crippen molar-refractivity contribution in [1.82, 2.24) is 15.5 Å². The molecule has 0 bridgehead atoms. The molecule has 0 unspecified atom stereocenters. The van der Waals surface area contributed by atoms with Gasteiger partial charge in [0.2, 0.25) is 0 Å². The van der Waals surface area contributed by atoms with E-state index in [-0.39, 0.29) is 18.3 Å². The fraction of sp³-hybridized carbons (Fsp3) is 0.667. The van der Waals surface area contributed by atoms with Gasteiger partial charge in [-0.2, -0.15) is 0 Å². The first-order chi connectivity index (χ1) is 15.1. The number of rotatable bonds is 6. The van der Waals surface area contributed by atoms with E-state index in [9.17, 15) is 14.0 Å². The van der Waals surface area contributed by atoms with Crippen LogP contribution in [0.25, 0.3) is 0 Å². The minimum absolute atomic E-state index is 0.288. The quantitative estimate of drug-likeness (QED) is 0.697. The Bertz CT molecular complexity index is 810. The van der Waals surface area contributed by atoms with Gasteiger partial charge in [0.15, 0.2) is 0 Å². The van der Waals surface area contributed by atoms with E-state index in [1.165, 1.54) is 6.07 Å². The minimum atomic E-state index is -0.585. The standard InChI is InChI=1S/C24H37FN4O3/c1-5-28-12-14-29(15-13-28)20-9-8-18(16-19(20)25)21(30)27-24(10-6-7-11-24)17-26-22(31)32-23(2,3)4/h8-9,16H,5-7,10-15,17H2,1-4H3,(H,26,31)(H,27,30). The first-order valence-electron chi connectivity index (χ1n) is 11.7. The van der Waals surface area contributed by atoms with Crippen molar-refractivity contribution in [2.45, 2.75) is 64.5 Å². The maximum Gasteiger partial charge on any atom is 0.407 e. The summed E-state index contributed by atoms with van der Waals surface area (Å²) in [6.07, 6.45) is 2.95. The van der Waals surface area contributed by atoms with Crippen molar-refractivity contribution in [2.75, 3.05) is 44.2 Å². The van der Waals surface area contributed by atoms with Gasteiger partial charge in [-0.1, -0.05) is 19.8 Å². The molecule has 2 N–H and O–H groups in total. The molecule has 1 saturated heterocycles. The lowest BCUT2D eigenvalue weighted by atomic mass is 9.96. The van der Waals surface area contributed by atoms with Crippen molar-refractivity contribution >= 4 is 17.7 Å². The van der Waals surface area contributed by atoms with Crippen LogP contribution < -0.4 is 15.5 Å². The molecule has 0 aromatic heterocycles. The van der Waals surface area contributed by atoms with Gasteiger partial charge >= 0.3 is 6.09 Å². The van der Waals surface area contributed by atoms with Gasteiger partial charge in [0, 0.05) is 38.3 Å². The molecule has 2 amide bonds. The summed E-state index contributed by atoms with van der Waals surface area (Å²) in [5.41, 5.74) is -0.292. The van der Waals surface area contributed by atoms with Crippen molar-refractivity contribution < 1.29 is 18.7 Å². The van der Waals surface area contributed by atoms with E-state index in [1.54, 1.807) is 12.1 Å². The fourth-order valence-electron chi connectivity index (χ4n) is 4.48. The predicted octanol–water partition coefficient (Wildman–Crippen LogP) is 3.53. The Morgan fingerprint density at radius 1 is 1.12 bits per heavy atom. The predicted molar refractivity (Wildman–Crippen MR) is 124 cm³/mol. The topological polar surface area (TPSA) is 73.9 Å². The summed E-state index contributed by atoms with van der Waals surface area (Å²) in [6, 6.07) is 4.71. The van der Waals surface area contributed by atoms with Crippen molar-refractivity contribution in [3.05, 3.63) is 29.6 Å². The third-order valence-electron chi connectivity index (χ3n) is 6.28. The highest BCUT2D eigenvalue weighted by Crippen LogP contribution is 2.30. The molecule has 1 aromatic carbocycles. The number of piperazine rings is 1. The number of amides is 2. The van der Waals surface area contributed by atoms with E-state index in [4.69, 9.17) is 4.74 Å². The van der Waals surface area contributed by atoms with Gasteiger partial charge in [-0.25, -0.2) is 9.18 Å². The van der Waals surface area contributed by atoms with Gasteiger partial charge in [0.05, 0.1) is 11.2 Å². The van der Waals surface area contributed by atoms with E-state index >= 15 is 0 Å². The second-order valence-corrected chi connectivity index (χ2v) is 9.88. The van der Waals surface area contributed by atoms with Crippen molar-refractivity contribution in [2.24, 2.45) is 0 Å². The molecule has 1 heterocycles. The molecule has 1 aliphatic heterocycles. The number of benzene rings is 1. The molecule has 2 fully saturated rings. The lowest BCUT2D eigenvalue weighted by molar-refractivity contribution is 0.0505. The maximum atomic E-state index is 14.9. The summed E-state index contributed by atoms with van der Waals surface area (Å²) < 4.78 is 20.2. The summed E-state index contributed by atoms with van der Waals surface area (Å²) in [6.45, 7) is 12.2. The zero-order valence-electron chi connectivity index (χ0n) is 19.8. The van der Waals surface area contributed by atoms with Crippen LogP contribution >= 0.6 is 0 Å². The van der Waals surface area contributed by atoms with E-state index < -0.39 is 17.2 Å². The lowest BCUT2D eigenvalue weighted by Crippen LogP contribution is -2.54. The minimum Gasteiger partial charge on any atom is -0.444 e. The molecule has 7 nitrogen and oxygen atoms in total. The molecule has 2 aliphatic rings. The van der Waals surface area contributed by atoms with Crippen LogP contribution in [0.15, 0.2) is 18.2 Å². The number of hydrogen-bond donors (Lipinski definition) is 2.